The third-order valence-electron chi connectivity index (χ3n) is 4.14. The van der Waals surface area contributed by atoms with Crippen LogP contribution in [0.3, 0.4) is 0 Å². The van der Waals surface area contributed by atoms with E-state index in [0.29, 0.717) is 13.2 Å². The van der Waals surface area contributed by atoms with Gasteiger partial charge in [-0.2, -0.15) is 0 Å². The van der Waals surface area contributed by atoms with E-state index in [1.54, 1.807) is 0 Å². The van der Waals surface area contributed by atoms with E-state index < -0.39 is 0 Å². The molecule has 1 saturated heterocycles. The summed E-state index contributed by atoms with van der Waals surface area (Å²) >= 11 is 0. The molecule has 0 amide bonds. The van der Waals surface area contributed by atoms with Gasteiger partial charge in [-0.3, -0.25) is 4.90 Å². The van der Waals surface area contributed by atoms with E-state index in [2.05, 4.69) is 24.0 Å². The topological polar surface area (TPSA) is 47.7 Å². The van der Waals surface area contributed by atoms with Crippen molar-refractivity contribution in [1.82, 2.24) is 4.90 Å². The number of benzene rings is 1. The molecule has 1 unspecified atom stereocenters. The summed E-state index contributed by atoms with van der Waals surface area (Å²) in [5, 5.41) is 0. The summed E-state index contributed by atoms with van der Waals surface area (Å²) in [7, 11) is 0. The first-order valence-electron chi connectivity index (χ1n) is 7.91. The first-order chi connectivity index (χ1) is 10.1. The lowest BCUT2D eigenvalue weighted by Crippen LogP contribution is -2.31. The van der Waals surface area contributed by atoms with Gasteiger partial charge in [0, 0.05) is 13.1 Å². The summed E-state index contributed by atoms with van der Waals surface area (Å²) in [5.74, 6) is 1.67. The molecule has 1 aromatic carbocycles. The molecule has 5 heteroatoms. The molecule has 0 saturated carbocycles. The van der Waals surface area contributed by atoms with E-state index in [1.165, 1.54) is 12.0 Å². The molecule has 0 aromatic heterocycles. The van der Waals surface area contributed by atoms with Crippen LogP contribution in [0.15, 0.2) is 18.2 Å². The second-order valence-corrected chi connectivity index (χ2v) is 6.12. The molecule has 1 aliphatic heterocycles. The van der Waals surface area contributed by atoms with Crippen molar-refractivity contribution in [1.29, 1.82) is 0 Å². The molecule has 0 aliphatic carbocycles. The van der Waals surface area contributed by atoms with Crippen molar-refractivity contribution in [2.45, 2.75) is 33.7 Å². The number of nitrogens with zero attached hydrogens (tertiary/aromatic N) is 1. The summed E-state index contributed by atoms with van der Waals surface area (Å²) in [6, 6.07) is 6.25. The van der Waals surface area contributed by atoms with Crippen molar-refractivity contribution in [3.05, 3.63) is 23.8 Å². The molecule has 2 N–H and O–H groups in total. The Hall–Kier alpha value is -0.970. The molecule has 0 spiro atoms. The zero-order valence-electron chi connectivity index (χ0n) is 13.9. The zero-order valence-corrected chi connectivity index (χ0v) is 14.7. The Labute approximate surface area is 140 Å². The molecule has 1 atom stereocenters. The maximum Gasteiger partial charge on any atom is 0.161 e. The largest absolute Gasteiger partial charge is 0.490 e. The number of rotatable bonds is 7. The molecular formula is C17H29ClN2O2. The predicted octanol–water partition coefficient (Wildman–Crippen LogP) is 3.08. The smallest absolute Gasteiger partial charge is 0.161 e. The maximum absolute atomic E-state index is 5.88. The number of likely N-dealkylation sites (tertiary alicyclic amines) is 1. The second-order valence-electron chi connectivity index (χ2n) is 6.12. The number of halogens is 1. The maximum atomic E-state index is 5.88. The van der Waals surface area contributed by atoms with E-state index in [-0.39, 0.29) is 17.8 Å². The highest BCUT2D eigenvalue weighted by atomic mass is 35.5. The molecule has 1 aromatic rings. The number of nitrogens with two attached hydrogens (primary N) is 1. The Morgan fingerprint density at radius 2 is 1.86 bits per heavy atom. The van der Waals surface area contributed by atoms with E-state index in [9.17, 15) is 0 Å². The van der Waals surface area contributed by atoms with Gasteiger partial charge in [-0.1, -0.05) is 13.0 Å². The van der Waals surface area contributed by atoms with Crippen molar-refractivity contribution in [3.8, 4) is 11.5 Å². The summed E-state index contributed by atoms with van der Waals surface area (Å²) in [6.07, 6.45) is 1.18. The quantitative estimate of drug-likeness (QED) is 0.835. The molecule has 22 heavy (non-hydrogen) atoms. The van der Waals surface area contributed by atoms with Gasteiger partial charge in [0.25, 0.3) is 0 Å². The van der Waals surface area contributed by atoms with Crippen LogP contribution >= 0.6 is 12.4 Å². The van der Waals surface area contributed by atoms with Gasteiger partial charge in [-0.15, -0.1) is 12.4 Å². The molecule has 1 fully saturated rings. The minimum absolute atomic E-state index is 0. The molecule has 2 rings (SSSR count). The summed E-state index contributed by atoms with van der Waals surface area (Å²) in [6.45, 7) is 11.5. The standard InChI is InChI=1S/C17H28N2O2.ClH/c1-4-20-15-7-6-14(10-16(15)21-5-2)11-19-9-8-17(3,12-18)13-19;/h6-7,10H,4-5,8-9,11-13,18H2,1-3H3;1H. The van der Waals surface area contributed by atoms with Crippen LogP contribution in [0, 0.1) is 5.41 Å². The van der Waals surface area contributed by atoms with Crippen LogP contribution in [0.1, 0.15) is 32.8 Å². The number of hydrogen-bond acceptors (Lipinski definition) is 4. The van der Waals surface area contributed by atoms with Gasteiger partial charge in [0.1, 0.15) is 0 Å². The summed E-state index contributed by atoms with van der Waals surface area (Å²) in [4.78, 5) is 2.47. The van der Waals surface area contributed by atoms with Crippen molar-refractivity contribution in [2.24, 2.45) is 11.1 Å². The third kappa shape index (κ3) is 4.77. The fraction of sp³-hybridized carbons (Fsp3) is 0.647. The molecule has 1 aliphatic rings. The van der Waals surface area contributed by atoms with Gasteiger partial charge in [0.05, 0.1) is 13.2 Å². The first kappa shape index (κ1) is 19.1. The van der Waals surface area contributed by atoms with Crippen LogP contribution in [0.5, 0.6) is 11.5 Å². The average Bonchev–Trinajstić information content (AvgIpc) is 2.84. The van der Waals surface area contributed by atoms with Crippen LogP contribution in [-0.2, 0) is 6.54 Å². The normalized spacial score (nSPS) is 21.5. The van der Waals surface area contributed by atoms with E-state index in [0.717, 1.165) is 37.7 Å². The van der Waals surface area contributed by atoms with Crippen molar-refractivity contribution in [3.63, 3.8) is 0 Å². The molecule has 126 valence electrons. The predicted molar refractivity (Wildman–Crippen MR) is 93.1 cm³/mol. The van der Waals surface area contributed by atoms with Gasteiger partial charge in [0.15, 0.2) is 11.5 Å². The zero-order chi connectivity index (χ0) is 15.3. The van der Waals surface area contributed by atoms with E-state index in [1.807, 2.05) is 19.9 Å². The first-order valence-corrected chi connectivity index (χ1v) is 7.91. The Morgan fingerprint density at radius 1 is 1.18 bits per heavy atom. The van der Waals surface area contributed by atoms with Gasteiger partial charge in [-0.05, 0) is 56.5 Å². The summed E-state index contributed by atoms with van der Waals surface area (Å²) < 4.78 is 11.3. The monoisotopic (exact) mass is 328 g/mol. The minimum atomic E-state index is 0. The highest BCUT2D eigenvalue weighted by Crippen LogP contribution is 2.32. The van der Waals surface area contributed by atoms with Gasteiger partial charge < -0.3 is 15.2 Å². The van der Waals surface area contributed by atoms with Crippen molar-refractivity contribution < 1.29 is 9.47 Å². The fourth-order valence-corrected chi connectivity index (χ4v) is 2.88. The van der Waals surface area contributed by atoms with Crippen LogP contribution in [0.2, 0.25) is 0 Å². The Kier molecular flexibility index (Phi) is 7.46. The lowest BCUT2D eigenvalue weighted by Gasteiger charge is -2.23. The molecule has 4 nitrogen and oxygen atoms in total. The Morgan fingerprint density at radius 3 is 2.45 bits per heavy atom. The molecule has 0 bridgehead atoms. The van der Waals surface area contributed by atoms with E-state index >= 15 is 0 Å². The molecular weight excluding hydrogens is 300 g/mol. The second kappa shape index (κ2) is 8.61. The van der Waals surface area contributed by atoms with Crippen LogP contribution in [0.4, 0.5) is 0 Å². The molecule has 1 heterocycles. The third-order valence-corrected chi connectivity index (χ3v) is 4.14. The van der Waals surface area contributed by atoms with Crippen LogP contribution in [-0.4, -0.2) is 37.7 Å². The average molecular weight is 329 g/mol. The minimum Gasteiger partial charge on any atom is -0.490 e. The lowest BCUT2D eigenvalue weighted by molar-refractivity contribution is 0.271. The SMILES string of the molecule is CCOc1ccc(CN2CCC(C)(CN)C2)cc1OCC.Cl. The fourth-order valence-electron chi connectivity index (χ4n) is 2.88. The van der Waals surface area contributed by atoms with Crippen LogP contribution in [0.25, 0.3) is 0 Å². The van der Waals surface area contributed by atoms with Crippen molar-refractivity contribution >= 4 is 12.4 Å². The Bertz CT molecular complexity index is 470. The summed E-state index contributed by atoms with van der Waals surface area (Å²) in [5.41, 5.74) is 7.42. The van der Waals surface area contributed by atoms with Gasteiger partial charge >= 0.3 is 0 Å². The highest BCUT2D eigenvalue weighted by Gasteiger charge is 2.32. The highest BCUT2D eigenvalue weighted by molar-refractivity contribution is 5.85. The van der Waals surface area contributed by atoms with Gasteiger partial charge in [0.2, 0.25) is 0 Å². The molecule has 0 radical (unpaired) electrons. The van der Waals surface area contributed by atoms with E-state index in [4.69, 9.17) is 15.2 Å². The van der Waals surface area contributed by atoms with Crippen LogP contribution < -0.4 is 15.2 Å². The number of hydrogen-bond donors (Lipinski definition) is 1. The lowest BCUT2D eigenvalue weighted by atomic mass is 9.90. The number of ether oxygens (including phenoxy) is 2. The van der Waals surface area contributed by atoms with Gasteiger partial charge in [-0.25, -0.2) is 0 Å². The Balaban J connectivity index is 0.00000242. The van der Waals surface area contributed by atoms with Crippen molar-refractivity contribution in [2.75, 3.05) is 32.8 Å².